The van der Waals surface area contributed by atoms with Gasteiger partial charge >= 0.3 is 5.97 Å². The van der Waals surface area contributed by atoms with Crippen LogP contribution in [0, 0.1) is 5.92 Å². The van der Waals surface area contributed by atoms with Crippen LogP contribution in [0.3, 0.4) is 0 Å². The van der Waals surface area contributed by atoms with Gasteiger partial charge in [0.1, 0.15) is 6.61 Å². The van der Waals surface area contributed by atoms with Crippen molar-refractivity contribution in [1.82, 2.24) is 5.32 Å². The van der Waals surface area contributed by atoms with Crippen molar-refractivity contribution < 1.29 is 27.9 Å². The number of hydrogen-bond donors (Lipinski definition) is 2. The summed E-state index contributed by atoms with van der Waals surface area (Å²) >= 11 is 0. The maximum absolute atomic E-state index is 11.7. The van der Waals surface area contributed by atoms with E-state index in [1.54, 1.807) is 0 Å². The molecule has 1 unspecified atom stereocenters. The molecule has 0 aromatic heterocycles. The second-order valence-electron chi connectivity index (χ2n) is 5.79. The summed E-state index contributed by atoms with van der Waals surface area (Å²) in [7, 11) is -3.00. The molecule has 21 heavy (non-hydrogen) atoms. The van der Waals surface area contributed by atoms with Crippen LogP contribution in [0.1, 0.15) is 32.1 Å². The molecule has 1 aliphatic carbocycles. The molecule has 2 fully saturated rings. The number of nitrogens with one attached hydrogen (secondary N) is 1. The second kappa shape index (κ2) is 6.74. The molecule has 2 rings (SSSR count). The van der Waals surface area contributed by atoms with E-state index in [9.17, 15) is 18.0 Å². The van der Waals surface area contributed by atoms with Gasteiger partial charge in [-0.3, -0.25) is 9.59 Å². The third-order valence-electron chi connectivity index (χ3n) is 4.07. The lowest BCUT2D eigenvalue weighted by molar-refractivity contribution is -0.144. The molecule has 1 saturated carbocycles. The fourth-order valence-corrected chi connectivity index (χ4v) is 4.52. The predicted octanol–water partition coefficient (Wildman–Crippen LogP) is -0.0503. The van der Waals surface area contributed by atoms with Gasteiger partial charge < -0.3 is 15.2 Å². The van der Waals surface area contributed by atoms with Gasteiger partial charge in [-0.25, -0.2) is 8.42 Å². The number of rotatable bonds is 5. The van der Waals surface area contributed by atoms with Crippen molar-refractivity contribution in [3.8, 4) is 0 Å². The summed E-state index contributed by atoms with van der Waals surface area (Å²) in [4.78, 5) is 22.5. The molecule has 0 aromatic carbocycles. The van der Waals surface area contributed by atoms with Gasteiger partial charge in [0.2, 0.25) is 5.91 Å². The first-order chi connectivity index (χ1) is 9.85. The lowest BCUT2D eigenvalue weighted by atomic mass is 9.87. The molecule has 1 heterocycles. The molecule has 7 nitrogen and oxygen atoms in total. The first-order valence-corrected chi connectivity index (χ1v) is 9.02. The topological polar surface area (TPSA) is 110 Å². The molecule has 120 valence electrons. The average molecular weight is 319 g/mol. The number of sulfone groups is 1. The number of hydrogen-bond acceptors (Lipinski definition) is 5. The molecule has 1 atom stereocenters. The Bertz CT molecular complexity index is 495. The minimum Gasteiger partial charge on any atom is -0.481 e. The second-order valence-corrected chi connectivity index (χ2v) is 8.02. The molecule has 1 saturated heterocycles. The molecule has 0 aromatic rings. The number of carboxylic acids is 1. The third-order valence-corrected chi connectivity index (χ3v) is 5.84. The lowest BCUT2D eigenvalue weighted by Gasteiger charge is -2.26. The normalized spacial score (nSPS) is 31.7. The van der Waals surface area contributed by atoms with Gasteiger partial charge in [0.05, 0.1) is 23.5 Å². The molecule has 0 radical (unpaired) electrons. The van der Waals surface area contributed by atoms with E-state index in [-0.39, 0.29) is 42.1 Å². The number of carboxylic acid groups (broad SMARTS) is 1. The van der Waals surface area contributed by atoms with Gasteiger partial charge in [0.25, 0.3) is 0 Å². The summed E-state index contributed by atoms with van der Waals surface area (Å²) in [6, 6.07) is -0.311. The number of carbonyl (C=O) groups excluding carboxylic acids is 1. The molecule has 2 aliphatic rings. The van der Waals surface area contributed by atoms with Crippen LogP contribution in [0.4, 0.5) is 0 Å². The Morgan fingerprint density at radius 1 is 1.14 bits per heavy atom. The minimum absolute atomic E-state index is 0.00244. The summed E-state index contributed by atoms with van der Waals surface area (Å²) in [5.74, 6) is -1.26. The fraction of sp³-hybridized carbons (Fsp3) is 0.846. The zero-order chi connectivity index (χ0) is 15.5. The first kappa shape index (κ1) is 16.2. The van der Waals surface area contributed by atoms with E-state index in [0.717, 1.165) is 0 Å². The van der Waals surface area contributed by atoms with E-state index in [4.69, 9.17) is 9.84 Å². The van der Waals surface area contributed by atoms with Crippen molar-refractivity contribution in [2.45, 2.75) is 44.2 Å². The molecule has 2 N–H and O–H groups in total. The highest BCUT2D eigenvalue weighted by atomic mass is 32.2. The van der Waals surface area contributed by atoms with E-state index >= 15 is 0 Å². The van der Waals surface area contributed by atoms with Gasteiger partial charge in [-0.1, -0.05) is 0 Å². The quantitative estimate of drug-likeness (QED) is 0.735. The smallest absolute Gasteiger partial charge is 0.306 e. The maximum atomic E-state index is 11.7. The van der Waals surface area contributed by atoms with Crippen molar-refractivity contribution in [2.75, 3.05) is 18.1 Å². The predicted molar refractivity (Wildman–Crippen MR) is 74.5 cm³/mol. The van der Waals surface area contributed by atoms with Crippen LogP contribution in [-0.2, 0) is 24.2 Å². The van der Waals surface area contributed by atoms with Crippen LogP contribution < -0.4 is 5.32 Å². The number of aliphatic carboxylic acids is 1. The highest BCUT2D eigenvalue weighted by Gasteiger charge is 2.30. The van der Waals surface area contributed by atoms with Crippen molar-refractivity contribution in [2.24, 2.45) is 5.92 Å². The Morgan fingerprint density at radius 3 is 2.33 bits per heavy atom. The number of amides is 1. The van der Waals surface area contributed by atoms with Crippen molar-refractivity contribution in [3.05, 3.63) is 0 Å². The summed E-state index contributed by atoms with van der Waals surface area (Å²) in [5, 5.41) is 11.6. The molecule has 1 aliphatic heterocycles. The van der Waals surface area contributed by atoms with E-state index < -0.39 is 15.8 Å². The summed E-state index contributed by atoms with van der Waals surface area (Å²) < 4.78 is 28.0. The Morgan fingerprint density at radius 2 is 1.81 bits per heavy atom. The minimum atomic E-state index is -3.00. The van der Waals surface area contributed by atoms with E-state index in [1.165, 1.54) is 0 Å². The summed E-state index contributed by atoms with van der Waals surface area (Å²) in [6.07, 6.45) is 2.80. The van der Waals surface area contributed by atoms with Crippen molar-refractivity contribution >= 4 is 21.7 Å². The SMILES string of the molecule is O=C(COC1CCC(C(=O)O)CC1)NC1CCS(=O)(=O)C1. The standard InChI is InChI=1S/C13H21NO6S/c15-12(14-10-5-6-21(18,19)8-10)7-20-11-3-1-9(2-4-11)13(16)17/h9-11H,1-8H2,(H,14,15)(H,16,17). The Hall–Kier alpha value is -1.15. The van der Waals surface area contributed by atoms with E-state index in [1.807, 2.05) is 0 Å². The Labute approximate surface area is 124 Å². The van der Waals surface area contributed by atoms with Gasteiger partial charge in [-0.15, -0.1) is 0 Å². The largest absolute Gasteiger partial charge is 0.481 e. The summed E-state index contributed by atoms with van der Waals surface area (Å²) in [6.45, 7) is -0.0983. The third kappa shape index (κ3) is 4.96. The van der Waals surface area contributed by atoms with E-state index in [2.05, 4.69) is 5.32 Å². The Balaban J connectivity index is 1.65. The molecule has 1 amide bonds. The van der Waals surface area contributed by atoms with Gasteiger partial charge in [0, 0.05) is 6.04 Å². The van der Waals surface area contributed by atoms with Crippen LogP contribution in [0.5, 0.6) is 0 Å². The number of ether oxygens (including phenoxy) is 1. The first-order valence-electron chi connectivity index (χ1n) is 7.20. The fourth-order valence-electron chi connectivity index (χ4n) is 2.85. The van der Waals surface area contributed by atoms with Crippen LogP contribution in [0.2, 0.25) is 0 Å². The van der Waals surface area contributed by atoms with E-state index in [0.29, 0.717) is 32.1 Å². The van der Waals surface area contributed by atoms with Gasteiger partial charge in [0.15, 0.2) is 9.84 Å². The molecular weight excluding hydrogens is 298 g/mol. The average Bonchev–Trinajstić information content (AvgIpc) is 2.76. The van der Waals surface area contributed by atoms with Gasteiger partial charge in [-0.2, -0.15) is 0 Å². The van der Waals surface area contributed by atoms with Crippen molar-refractivity contribution in [1.29, 1.82) is 0 Å². The zero-order valence-electron chi connectivity index (χ0n) is 11.8. The van der Waals surface area contributed by atoms with Crippen molar-refractivity contribution in [3.63, 3.8) is 0 Å². The van der Waals surface area contributed by atoms with Crippen LogP contribution in [-0.4, -0.2) is 55.7 Å². The lowest BCUT2D eigenvalue weighted by Crippen LogP contribution is -2.39. The number of carbonyl (C=O) groups is 2. The van der Waals surface area contributed by atoms with Gasteiger partial charge in [-0.05, 0) is 32.1 Å². The van der Waals surface area contributed by atoms with Crippen LogP contribution in [0.15, 0.2) is 0 Å². The molecule has 0 spiro atoms. The highest BCUT2D eigenvalue weighted by Crippen LogP contribution is 2.26. The Kier molecular flexibility index (Phi) is 5.21. The molecule has 8 heteroatoms. The highest BCUT2D eigenvalue weighted by molar-refractivity contribution is 7.91. The monoisotopic (exact) mass is 319 g/mol. The van der Waals surface area contributed by atoms with Crippen LogP contribution in [0.25, 0.3) is 0 Å². The molecule has 0 bridgehead atoms. The maximum Gasteiger partial charge on any atom is 0.306 e. The molecular formula is C13H21NO6S. The zero-order valence-corrected chi connectivity index (χ0v) is 12.6. The summed E-state index contributed by atoms with van der Waals surface area (Å²) in [5.41, 5.74) is 0. The van der Waals surface area contributed by atoms with Crippen LogP contribution >= 0.6 is 0 Å².